The second kappa shape index (κ2) is 4.45. The van der Waals surface area contributed by atoms with E-state index in [1.54, 1.807) is 0 Å². The van der Waals surface area contributed by atoms with Gasteiger partial charge in [0, 0.05) is 5.56 Å². The van der Waals surface area contributed by atoms with Gasteiger partial charge in [-0.05, 0) is 31.2 Å². The number of terminal acetylenes is 1. The number of hydrogen-bond donors (Lipinski definition) is 2. The van der Waals surface area contributed by atoms with E-state index >= 15 is 0 Å². The lowest BCUT2D eigenvalue weighted by atomic mass is 10.2. The molecule has 0 saturated carbocycles. The summed E-state index contributed by atoms with van der Waals surface area (Å²) >= 11 is 0. The van der Waals surface area contributed by atoms with Crippen molar-refractivity contribution < 1.29 is 13.5 Å². The standard InChI is InChI=1S/C10H11NO3S/c1-3-9-4-6-10(7-5-9)15(13,14)11-8(2)12/h1,4-8,11-12H,2H3. The Bertz CT molecular complexity index is 468. The van der Waals surface area contributed by atoms with Crippen molar-refractivity contribution in [3.05, 3.63) is 29.8 Å². The van der Waals surface area contributed by atoms with E-state index in [1.807, 2.05) is 4.72 Å². The number of nitrogens with one attached hydrogen (secondary N) is 1. The van der Waals surface area contributed by atoms with Gasteiger partial charge < -0.3 is 5.11 Å². The average molecular weight is 225 g/mol. The molecular formula is C10H11NO3S. The molecule has 0 spiro atoms. The molecule has 15 heavy (non-hydrogen) atoms. The smallest absolute Gasteiger partial charge is 0.242 e. The van der Waals surface area contributed by atoms with Crippen LogP contribution in [-0.4, -0.2) is 19.8 Å². The third-order valence-electron chi connectivity index (χ3n) is 1.66. The lowest BCUT2D eigenvalue weighted by molar-refractivity contribution is 0.184. The summed E-state index contributed by atoms with van der Waals surface area (Å²) in [5.74, 6) is 2.38. The van der Waals surface area contributed by atoms with Crippen LogP contribution in [0.4, 0.5) is 0 Å². The van der Waals surface area contributed by atoms with Gasteiger partial charge in [-0.1, -0.05) is 5.92 Å². The molecule has 2 N–H and O–H groups in total. The Hall–Kier alpha value is -1.35. The zero-order chi connectivity index (χ0) is 11.5. The van der Waals surface area contributed by atoms with Gasteiger partial charge in [0.05, 0.1) is 4.90 Å². The number of rotatable bonds is 3. The molecule has 1 aromatic rings. The molecule has 0 saturated heterocycles. The van der Waals surface area contributed by atoms with E-state index in [-0.39, 0.29) is 4.90 Å². The Morgan fingerprint density at radius 3 is 2.33 bits per heavy atom. The van der Waals surface area contributed by atoms with Crippen molar-refractivity contribution >= 4 is 10.0 Å². The summed E-state index contributed by atoms with van der Waals surface area (Å²) in [6, 6.07) is 5.83. The van der Waals surface area contributed by atoms with Crippen LogP contribution in [-0.2, 0) is 10.0 Å². The molecule has 0 fully saturated rings. The van der Waals surface area contributed by atoms with Gasteiger partial charge in [-0.25, -0.2) is 8.42 Å². The van der Waals surface area contributed by atoms with E-state index < -0.39 is 16.3 Å². The third kappa shape index (κ3) is 3.06. The van der Waals surface area contributed by atoms with E-state index in [2.05, 4.69) is 5.92 Å². The first-order valence-corrected chi connectivity index (χ1v) is 5.71. The molecule has 0 heterocycles. The molecule has 1 unspecified atom stereocenters. The van der Waals surface area contributed by atoms with Crippen LogP contribution < -0.4 is 4.72 Å². The molecule has 0 amide bonds. The largest absolute Gasteiger partial charge is 0.378 e. The van der Waals surface area contributed by atoms with Crippen molar-refractivity contribution in [1.82, 2.24) is 4.72 Å². The van der Waals surface area contributed by atoms with Crippen LogP contribution in [0.1, 0.15) is 12.5 Å². The molecule has 1 aromatic carbocycles. The second-order valence-electron chi connectivity index (χ2n) is 2.97. The number of benzene rings is 1. The lowest BCUT2D eigenvalue weighted by Gasteiger charge is -2.08. The fourth-order valence-corrected chi connectivity index (χ4v) is 2.10. The number of hydrogen-bond acceptors (Lipinski definition) is 3. The second-order valence-corrected chi connectivity index (χ2v) is 4.68. The number of sulfonamides is 1. The maximum absolute atomic E-state index is 11.5. The zero-order valence-corrected chi connectivity index (χ0v) is 8.95. The van der Waals surface area contributed by atoms with Crippen molar-refractivity contribution in [3.63, 3.8) is 0 Å². The van der Waals surface area contributed by atoms with Crippen LogP contribution in [0.25, 0.3) is 0 Å². The maximum atomic E-state index is 11.5. The first kappa shape index (κ1) is 11.7. The Morgan fingerprint density at radius 1 is 1.40 bits per heavy atom. The quantitative estimate of drug-likeness (QED) is 0.573. The van der Waals surface area contributed by atoms with Gasteiger partial charge in [-0.15, -0.1) is 6.42 Å². The van der Waals surface area contributed by atoms with Crippen molar-refractivity contribution in [2.24, 2.45) is 0 Å². The molecule has 1 rings (SSSR count). The van der Waals surface area contributed by atoms with E-state index in [0.717, 1.165) is 0 Å². The lowest BCUT2D eigenvalue weighted by Crippen LogP contribution is -2.32. The molecule has 4 nitrogen and oxygen atoms in total. The fraction of sp³-hybridized carbons (Fsp3) is 0.200. The monoisotopic (exact) mass is 225 g/mol. The molecule has 5 heteroatoms. The predicted molar refractivity (Wildman–Crippen MR) is 56.4 cm³/mol. The summed E-state index contributed by atoms with van der Waals surface area (Å²) in [7, 11) is -3.65. The maximum Gasteiger partial charge on any atom is 0.242 e. The minimum Gasteiger partial charge on any atom is -0.378 e. The summed E-state index contributed by atoms with van der Waals surface area (Å²) in [5.41, 5.74) is 0.603. The summed E-state index contributed by atoms with van der Waals surface area (Å²) < 4.78 is 25.1. The highest BCUT2D eigenvalue weighted by Gasteiger charge is 2.15. The van der Waals surface area contributed by atoms with Crippen LogP contribution in [0.2, 0.25) is 0 Å². The molecule has 0 aliphatic rings. The minimum absolute atomic E-state index is 0.0717. The Balaban J connectivity index is 3.02. The number of aliphatic hydroxyl groups excluding tert-OH is 1. The third-order valence-corrected chi connectivity index (χ3v) is 3.20. The summed E-state index contributed by atoms with van der Waals surface area (Å²) in [6.45, 7) is 1.33. The molecule has 0 aliphatic heterocycles. The highest BCUT2D eigenvalue weighted by molar-refractivity contribution is 7.89. The van der Waals surface area contributed by atoms with Gasteiger partial charge in [-0.2, -0.15) is 4.72 Å². The van der Waals surface area contributed by atoms with Crippen molar-refractivity contribution in [1.29, 1.82) is 0 Å². The fourth-order valence-electron chi connectivity index (χ4n) is 1.02. The molecule has 1 atom stereocenters. The molecular weight excluding hydrogens is 214 g/mol. The normalized spacial score (nSPS) is 13.1. The van der Waals surface area contributed by atoms with E-state index in [0.29, 0.717) is 5.56 Å². The highest BCUT2D eigenvalue weighted by atomic mass is 32.2. The van der Waals surface area contributed by atoms with Crippen LogP contribution >= 0.6 is 0 Å². The van der Waals surface area contributed by atoms with Crippen LogP contribution in [0, 0.1) is 12.3 Å². The van der Waals surface area contributed by atoms with Crippen molar-refractivity contribution in [2.75, 3.05) is 0 Å². The summed E-state index contributed by atoms with van der Waals surface area (Å²) in [4.78, 5) is 0.0717. The van der Waals surface area contributed by atoms with Crippen molar-refractivity contribution in [3.8, 4) is 12.3 Å². The topological polar surface area (TPSA) is 66.4 Å². The van der Waals surface area contributed by atoms with Gasteiger partial charge >= 0.3 is 0 Å². The SMILES string of the molecule is C#Cc1ccc(S(=O)(=O)NC(C)O)cc1. The molecule has 0 aliphatic carbocycles. The van der Waals surface area contributed by atoms with Gasteiger partial charge in [-0.3, -0.25) is 0 Å². The first-order valence-electron chi connectivity index (χ1n) is 4.23. The van der Waals surface area contributed by atoms with Crippen LogP contribution in [0.15, 0.2) is 29.2 Å². The average Bonchev–Trinajstić information content (AvgIpc) is 2.16. The predicted octanol–water partition coefficient (Wildman–Crippen LogP) is 0.285. The van der Waals surface area contributed by atoms with Crippen molar-refractivity contribution in [2.45, 2.75) is 18.0 Å². The summed E-state index contributed by atoms with van der Waals surface area (Å²) in [6.07, 6.45) is 4.01. The van der Waals surface area contributed by atoms with Gasteiger partial charge in [0.15, 0.2) is 0 Å². The first-order chi connectivity index (χ1) is 6.95. The summed E-state index contributed by atoms with van der Waals surface area (Å²) in [5, 5.41) is 8.93. The highest BCUT2D eigenvalue weighted by Crippen LogP contribution is 2.09. The Kier molecular flexibility index (Phi) is 3.48. The molecule has 0 bridgehead atoms. The van der Waals surface area contributed by atoms with Crippen LogP contribution in [0.5, 0.6) is 0 Å². The Morgan fingerprint density at radius 2 is 1.93 bits per heavy atom. The Labute approximate surface area is 89.0 Å². The van der Waals surface area contributed by atoms with Gasteiger partial charge in [0.25, 0.3) is 0 Å². The van der Waals surface area contributed by atoms with E-state index in [9.17, 15) is 8.42 Å². The van der Waals surface area contributed by atoms with Gasteiger partial charge in [0.1, 0.15) is 6.23 Å². The van der Waals surface area contributed by atoms with E-state index in [4.69, 9.17) is 11.5 Å². The van der Waals surface area contributed by atoms with Crippen LogP contribution in [0.3, 0.4) is 0 Å². The molecule has 80 valence electrons. The minimum atomic E-state index is -3.65. The van der Waals surface area contributed by atoms with Gasteiger partial charge in [0.2, 0.25) is 10.0 Å². The zero-order valence-electron chi connectivity index (χ0n) is 8.14. The number of aliphatic hydroxyl groups is 1. The molecule has 0 aromatic heterocycles. The van der Waals surface area contributed by atoms with E-state index in [1.165, 1.54) is 31.2 Å². The molecule has 0 radical (unpaired) electrons.